The fourth-order valence-electron chi connectivity index (χ4n) is 4.30. The van der Waals surface area contributed by atoms with Crippen LogP contribution < -0.4 is 15.4 Å². The van der Waals surface area contributed by atoms with Gasteiger partial charge in [0.25, 0.3) is 5.91 Å². The van der Waals surface area contributed by atoms with Crippen LogP contribution in [0.25, 0.3) is 11.3 Å². The summed E-state index contributed by atoms with van der Waals surface area (Å²) in [4.78, 5) is 47.9. The fraction of sp³-hybridized carbons (Fsp3) is 0.192. The maximum absolute atomic E-state index is 13.2. The van der Waals surface area contributed by atoms with Crippen LogP contribution >= 0.6 is 0 Å². The maximum atomic E-state index is 13.2. The van der Waals surface area contributed by atoms with E-state index in [1.165, 1.54) is 0 Å². The molecule has 35 heavy (non-hydrogen) atoms. The number of pyridine rings is 2. The fourth-order valence-corrected chi connectivity index (χ4v) is 4.30. The molecule has 1 aromatic carbocycles. The number of benzene rings is 1. The zero-order valence-electron chi connectivity index (χ0n) is 18.9. The molecular formula is C26H21N5O4. The van der Waals surface area contributed by atoms with Crippen LogP contribution in [0.15, 0.2) is 61.1 Å². The van der Waals surface area contributed by atoms with Crippen molar-refractivity contribution in [1.29, 1.82) is 0 Å². The van der Waals surface area contributed by atoms with E-state index in [0.29, 0.717) is 29.1 Å². The molecule has 9 heteroatoms. The normalized spacial score (nSPS) is 18.8. The first-order valence-corrected chi connectivity index (χ1v) is 10.9. The lowest BCUT2D eigenvalue weighted by molar-refractivity contribution is -0.122. The third-order valence-electron chi connectivity index (χ3n) is 5.92. The standard InChI is InChI=1S/C26H21N5O4/c1-35-20-5-4-19-15-31(24(33)21(19)13-20)16-26(14-22(32)29-25(34)30-26)9-6-17-3-2-10-28-23(17)18-7-11-27-12-8-18/h2-5,7-8,10-13H,14-16H2,1H3,(H2,29,30,32,34)/t26-/m0/s1. The van der Waals surface area contributed by atoms with Crippen molar-refractivity contribution in [2.45, 2.75) is 18.5 Å². The molecule has 0 bridgehead atoms. The molecule has 5 rings (SSSR count). The minimum atomic E-state index is -1.27. The van der Waals surface area contributed by atoms with Crippen molar-refractivity contribution in [3.63, 3.8) is 0 Å². The Balaban J connectivity index is 1.50. The third kappa shape index (κ3) is 4.42. The molecule has 0 spiro atoms. The van der Waals surface area contributed by atoms with Gasteiger partial charge in [-0.1, -0.05) is 17.9 Å². The van der Waals surface area contributed by atoms with Gasteiger partial charge < -0.3 is 15.0 Å². The lowest BCUT2D eigenvalue weighted by Crippen LogP contribution is -2.64. The molecule has 0 radical (unpaired) electrons. The Hall–Kier alpha value is -4.71. The van der Waals surface area contributed by atoms with Crippen molar-refractivity contribution in [1.82, 2.24) is 25.5 Å². The molecule has 9 nitrogen and oxygen atoms in total. The predicted octanol–water partition coefficient (Wildman–Crippen LogP) is 2.13. The van der Waals surface area contributed by atoms with Crippen LogP contribution in [0.5, 0.6) is 5.75 Å². The van der Waals surface area contributed by atoms with E-state index in [0.717, 1.165) is 11.1 Å². The number of fused-ring (bicyclic) bond motifs is 1. The van der Waals surface area contributed by atoms with Gasteiger partial charge >= 0.3 is 6.03 Å². The van der Waals surface area contributed by atoms with Crippen molar-refractivity contribution >= 4 is 17.8 Å². The zero-order valence-corrected chi connectivity index (χ0v) is 18.9. The summed E-state index contributed by atoms with van der Waals surface area (Å²) >= 11 is 0. The first-order chi connectivity index (χ1) is 17.0. The zero-order chi connectivity index (χ0) is 24.4. The minimum absolute atomic E-state index is 0.0415. The van der Waals surface area contributed by atoms with Crippen LogP contribution in [0.1, 0.15) is 27.9 Å². The second-order valence-corrected chi connectivity index (χ2v) is 8.33. The van der Waals surface area contributed by atoms with Gasteiger partial charge in [-0.05, 0) is 42.0 Å². The van der Waals surface area contributed by atoms with Gasteiger partial charge in [0.15, 0.2) is 0 Å². The lowest BCUT2D eigenvalue weighted by Gasteiger charge is -2.36. The smallest absolute Gasteiger partial charge is 0.322 e. The number of aromatic nitrogens is 2. The quantitative estimate of drug-likeness (QED) is 0.569. The highest BCUT2D eigenvalue weighted by Gasteiger charge is 2.42. The summed E-state index contributed by atoms with van der Waals surface area (Å²) in [6.07, 6.45) is 4.90. The van der Waals surface area contributed by atoms with Crippen molar-refractivity contribution in [2.75, 3.05) is 13.7 Å². The molecule has 1 saturated heterocycles. The van der Waals surface area contributed by atoms with Gasteiger partial charge in [-0.15, -0.1) is 0 Å². The summed E-state index contributed by atoms with van der Waals surface area (Å²) in [5, 5.41) is 5.03. The lowest BCUT2D eigenvalue weighted by atomic mass is 9.92. The van der Waals surface area contributed by atoms with E-state index < -0.39 is 17.5 Å². The van der Waals surface area contributed by atoms with Crippen LogP contribution in [0, 0.1) is 11.8 Å². The first-order valence-electron chi connectivity index (χ1n) is 10.9. The second-order valence-electron chi connectivity index (χ2n) is 8.33. The van der Waals surface area contributed by atoms with Gasteiger partial charge in [0, 0.05) is 36.3 Å². The van der Waals surface area contributed by atoms with E-state index in [1.807, 2.05) is 24.3 Å². The third-order valence-corrected chi connectivity index (χ3v) is 5.92. The molecular weight excluding hydrogens is 446 g/mol. The molecule has 0 unspecified atom stereocenters. The second kappa shape index (κ2) is 8.91. The molecule has 1 atom stereocenters. The predicted molar refractivity (Wildman–Crippen MR) is 126 cm³/mol. The van der Waals surface area contributed by atoms with Gasteiger partial charge in [0.1, 0.15) is 11.3 Å². The number of hydrogen-bond acceptors (Lipinski definition) is 6. The van der Waals surface area contributed by atoms with Crippen molar-refractivity contribution in [3.05, 3.63) is 77.7 Å². The number of urea groups is 1. The molecule has 0 aliphatic carbocycles. The van der Waals surface area contributed by atoms with Gasteiger partial charge in [-0.2, -0.15) is 0 Å². The molecule has 1 fully saturated rings. The topological polar surface area (TPSA) is 114 Å². The van der Waals surface area contributed by atoms with E-state index in [2.05, 4.69) is 32.4 Å². The summed E-state index contributed by atoms with van der Waals surface area (Å²) in [5.41, 5.74) is 2.22. The molecule has 2 aliphatic heterocycles. The van der Waals surface area contributed by atoms with Crippen LogP contribution in [-0.2, 0) is 11.3 Å². The van der Waals surface area contributed by atoms with Gasteiger partial charge in [0.05, 0.1) is 31.3 Å². The van der Waals surface area contributed by atoms with E-state index >= 15 is 0 Å². The van der Waals surface area contributed by atoms with Crippen molar-refractivity contribution in [3.8, 4) is 28.8 Å². The molecule has 2 aliphatic rings. The van der Waals surface area contributed by atoms with Crippen molar-refractivity contribution < 1.29 is 19.1 Å². The summed E-state index contributed by atoms with van der Waals surface area (Å²) in [6.45, 7) is 0.383. The van der Waals surface area contributed by atoms with Crippen molar-refractivity contribution in [2.24, 2.45) is 0 Å². The van der Waals surface area contributed by atoms with E-state index in [4.69, 9.17) is 4.74 Å². The van der Waals surface area contributed by atoms with Crippen LogP contribution in [0.2, 0.25) is 0 Å². The van der Waals surface area contributed by atoms with Gasteiger partial charge in [-0.3, -0.25) is 24.9 Å². The maximum Gasteiger partial charge on any atom is 0.322 e. The van der Waals surface area contributed by atoms with Gasteiger partial charge in [-0.25, -0.2) is 4.79 Å². The van der Waals surface area contributed by atoms with E-state index in [9.17, 15) is 14.4 Å². The monoisotopic (exact) mass is 467 g/mol. The first kappa shape index (κ1) is 22.1. The Labute approximate surface area is 201 Å². The molecule has 4 heterocycles. The molecule has 4 amide bonds. The van der Waals surface area contributed by atoms with Gasteiger partial charge in [0.2, 0.25) is 5.91 Å². The molecule has 0 saturated carbocycles. The number of carbonyl (C=O) groups excluding carboxylic acids is 3. The number of nitrogens with zero attached hydrogens (tertiary/aromatic N) is 3. The number of amides is 4. The number of hydrogen-bond donors (Lipinski definition) is 2. The van der Waals surface area contributed by atoms with E-state index in [-0.39, 0.29) is 18.9 Å². The molecule has 2 N–H and O–H groups in total. The number of imide groups is 1. The molecule has 3 aromatic rings. The Bertz CT molecular complexity index is 1380. The summed E-state index contributed by atoms with van der Waals surface area (Å²) in [7, 11) is 1.54. The van der Waals surface area contributed by atoms with Crippen LogP contribution in [-0.4, -0.2) is 51.9 Å². The number of carbonyl (C=O) groups is 3. The average molecular weight is 467 g/mol. The summed E-state index contributed by atoms with van der Waals surface area (Å²) in [5.74, 6) is 6.12. The Kier molecular flexibility index (Phi) is 5.63. The number of methoxy groups -OCH3 is 1. The van der Waals surface area contributed by atoms with E-state index in [1.54, 1.807) is 48.8 Å². The minimum Gasteiger partial charge on any atom is -0.497 e. The Morgan fingerprint density at radius 1 is 1.11 bits per heavy atom. The largest absolute Gasteiger partial charge is 0.497 e. The number of nitrogens with one attached hydrogen (secondary N) is 2. The highest BCUT2D eigenvalue weighted by Crippen LogP contribution is 2.29. The van der Waals surface area contributed by atoms with Crippen LogP contribution in [0.3, 0.4) is 0 Å². The highest BCUT2D eigenvalue weighted by atomic mass is 16.5. The number of rotatable bonds is 4. The van der Waals surface area contributed by atoms with Crippen LogP contribution in [0.4, 0.5) is 4.79 Å². The SMILES string of the molecule is COc1ccc2c(c1)C(=O)N(C[C@]1(C#Cc3cccnc3-c3ccncc3)CC(=O)NC(=O)N1)C2. The molecule has 2 aromatic heterocycles. The highest BCUT2D eigenvalue weighted by molar-refractivity contribution is 6.00. The number of ether oxygens (including phenoxy) is 1. The summed E-state index contributed by atoms with van der Waals surface area (Å²) in [6, 6.07) is 11.9. The summed E-state index contributed by atoms with van der Waals surface area (Å²) < 4.78 is 5.24. The molecule has 174 valence electrons. The Morgan fingerprint density at radius 3 is 2.71 bits per heavy atom. The Morgan fingerprint density at radius 2 is 1.94 bits per heavy atom. The average Bonchev–Trinajstić information content (AvgIpc) is 3.17.